The Hall–Kier alpha value is -2.28. The highest BCUT2D eigenvalue weighted by atomic mass is 16.5. The number of aliphatic imine (C=N–C) groups is 1. The molecule has 1 aliphatic heterocycles. The highest BCUT2D eigenvalue weighted by Gasteiger charge is 2.20. The zero-order valence-electron chi connectivity index (χ0n) is 18.4. The number of aryl methyl sites for hydroxylation is 1. The molecule has 2 rings (SSSR count). The molecule has 0 aromatic heterocycles. The molecule has 1 fully saturated rings. The van der Waals surface area contributed by atoms with E-state index in [0.717, 1.165) is 36.4 Å². The lowest BCUT2D eigenvalue weighted by Crippen LogP contribution is -2.43. The van der Waals surface area contributed by atoms with Crippen molar-refractivity contribution in [2.24, 2.45) is 10.4 Å². The largest absolute Gasteiger partial charge is 0.488 e. The van der Waals surface area contributed by atoms with Crippen molar-refractivity contribution in [3.63, 3.8) is 0 Å². The van der Waals surface area contributed by atoms with Crippen molar-refractivity contribution < 1.29 is 14.3 Å². The van der Waals surface area contributed by atoms with Crippen LogP contribution in [-0.2, 0) is 16.1 Å². The molecule has 162 valence electrons. The van der Waals surface area contributed by atoms with Gasteiger partial charge in [0.05, 0.1) is 19.8 Å². The van der Waals surface area contributed by atoms with Crippen molar-refractivity contribution in [1.82, 2.24) is 16.0 Å². The second kappa shape index (κ2) is 11.0. The number of ether oxygens (including phenoxy) is 2. The molecule has 1 aromatic rings. The molecule has 0 bridgehead atoms. The van der Waals surface area contributed by atoms with Crippen molar-refractivity contribution in [1.29, 1.82) is 0 Å². The van der Waals surface area contributed by atoms with Crippen LogP contribution in [0.3, 0.4) is 0 Å². The van der Waals surface area contributed by atoms with E-state index >= 15 is 0 Å². The maximum absolute atomic E-state index is 11.9. The number of nitrogens with one attached hydrogen (secondary N) is 3. The molecule has 1 aromatic carbocycles. The molecular formula is C22H36N4O3. The minimum atomic E-state index is -0.384. The van der Waals surface area contributed by atoms with Crippen molar-refractivity contribution in [2.75, 3.05) is 32.8 Å². The first-order valence-corrected chi connectivity index (χ1v) is 10.4. The van der Waals surface area contributed by atoms with Gasteiger partial charge in [-0.1, -0.05) is 32.9 Å². The summed E-state index contributed by atoms with van der Waals surface area (Å²) in [6.07, 6.45) is 1.03. The Bertz CT molecular complexity index is 692. The Morgan fingerprint density at radius 3 is 2.66 bits per heavy atom. The number of carbonyl (C=O) groups excluding carboxylic acids is 1. The maximum Gasteiger partial charge on any atom is 0.225 e. The van der Waals surface area contributed by atoms with E-state index in [1.807, 2.05) is 27.7 Å². The third-order valence-corrected chi connectivity index (χ3v) is 4.54. The predicted molar refractivity (Wildman–Crippen MR) is 116 cm³/mol. The maximum atomic E-state index is 11.9. The summed E-state index contributed by atoms with van der Waals surface area (Å²) in [6.45, 7) is 13.6. The molecule has 3 N–H and O–H groups in total. The number of carbonyl (C=O) groups is 1. The van der Waals surface area contributed by atoms with Crippen molar-refractivity contribution in [2.45, 2.75) is 53.7 Å². The van der Waals surface area contributed by atoms with Crippen molar-refractivity contribution >= 4 is 11.9 Å². The lowest BCUT2D eigenvalue weighted by atomic mass is 9.96. The second-order valence-corrected chi connectivity index (χ2v) is 8.34. The van der Waals surface area contributed by atoms with E-state index in [-0.39, 0.29) is 17.4 Å². The van der Waals surface area contributed by atoms with Gasteiger partial charge in [0.1, 0.15) is 11.9 Å². The lowest BCUT2D eigenvalue weighted by Gasteiger charge is -2.18. The number of benzene rings is 1. The van der Waals surface area contributed by atoms with Crippen molar-refractivity contribution in [3.05, 3.63) is 29.3 Å². The summed E-state index contributed by atoms with van der Waals surface area (Å²) in [5, 5.41) is 9.44. The molecule has 0 spiro atoms. The first-order chi connectivity index (χ1) is 13.8. The van der Waals surface area contributed by atoms with Gasteiger partial charge in [-0.15, -0.1) is 0 Å². The molecule has 29 heavy (non-hydrogen) atoms. The molecular weight excluding hydrogens is 368 g/mol. The Balaban J connectivity index is 1.94. The van der Waals surface area contributed by atoms with E-state index in [4.69, 9.17) is 9.47 Å². The summed E-state index contributed by atoms with van der Waals surface area (Å²) in [5.74, 6) is 1.63. The Morgan fingerprint density at radius 1 is 1.24 bits per heavy atom. The lowest BCUT2D eigenvalue weighted by molar-refractivity contribution is -0.128. The zero-order valence-corrected chi connectivity index (χ0v) is 18.4. The van der Waals surface area contributed by atoms with E-state index in [0.29, 0.717) is 32.2 Å². The van der Waals surface area contributed by atoms with Gasteiger partial charge in [0, 0.05) is 37.0 Å². The van der Waals surface area contributed by atoms with Crippen LogP contribution >= 0.6 is 0 Å². The molecule has 1 unspecified atom stereocenters. The Morgan fingerprint density at radius 2 is 2.00 bits per heavy atom. The van der Waals surface area contributed by atoms with Gasteiger partial charge in [0.15, 0.2) is 5.96 Å². The third-order valence-electron chi connectivity index (χ3n) is 4.54. The van der Waals surface area contributed by atoms with Crippen LogP contribution < -0.4 is 20.7 Å². The van der Waals surface area contributed by atoms with E-state index in [9.17, 15) is 4.79 Å². The van der Waals surface area contributed by atoms with Crippen LogP contribution in [0, 0.1) is 12.3 Å². The van der Waals surface area contributed by atoms with Gasteiger partial charge in [-0.3, -0.25) is 4.79 Å². The molecule has 7 heteroatoms. The SMILES string of the molecule is CCNC(=NCc1ccc(C)cc1OC1CCOC1)NCCNC(=O)C(C)(C)C. The molecule has 0 saturated carbocycles. The summed E-state index contributed by atoms with van der Waals surface area (Å²) in [6, 6.07) is 6.20. The fraction of sp³-hybridized carbons (Fsp3) is 0.636. The van der Waals surface area contributed by atoms with E-state index < -0.39 is 0 Å². The highest BCUT2D eigenvalue weighted by Crippen LogP contribution is 2.24. The number of nitrogens with zero attached hydrogens (tertiary/aromatic N) is 1. The summed E-state index contributed by atoms with van der Waals surface area (Å²) in [4.78, 5) is 16.6. The fourth-order valence-corrected chi connectivity index (χ4v) is 2.82. The smallest absolute Gasteiger partial charge is 0.225 e. The third kappa shape index (κ3) is 7.93. The Labute approximate surface area is 174 Å². The van der Waals surface area contributed by atoms with Crippen LogP contribution in [0.1, 0.15) is 45.2 Å². The van der Waals surface area contributed by atoms with Crippen LogP contribution in [0.2, 0.25) is 0 Å². The van der Waals surface area contributed by atoms with E-state index in [2.05, 4.69) is 46.1 Å². The number of hydrogen-bond acceptors (Lipinski definition) is 4. The molecule has 0 radical (unpaired) electrons. The molecule has 1 saturated heterocycles. The van der Waals surface area contributed by atoms with Crippen LogP contribution in [-0.4, -0.2) is 50.8 Å². The number of rotatable bonds is 8. The Kier molecular flexibility index (Phi) is 8.76. The minimum absolute atomic E-state index is 0.0403. The first-order valence-electron chi connectivity index (χ1n) is 10.4. The number of guanidine groups is 1. The summed E-state index contributed by atoms with van der Waals surface area (Å²) in [7, 11) is 0. The summed E-state index contributed by atoms with van der Waals surface area (Å²) < 4.78 is 11.6. The standard InChI is InChI=1S/C22H36N4O3/c1-6-23-21(25-11-10-24-20(27)22(3,4)5)26-14-17-8-7-16(2)13-19(17)29-18-9-12-28-15-18/h7-8,13,18H,6,9-12,14-15H2,1-5H3,(H,24,27)(H2,23,25,26). The van der Waals surface area contributed by atoms with Gasteiger partial charge >= 0.3 is 0 Å². The normalized spacial score (nSPS) is 17.1. The average molecular weight is 405 g/mol. The quantitative estimate of drug-likeness (QED) is 0.352. The van der Waals surface area contributed by atoms with Gasteiger partial charge < -0.3 is 25.4 Å². The second-order valence-electron chi connectivity index (χ2n) is 8.34. The molecule has 1 amide bonds. The van der Waals surface area contributed by atoms with Gasteiger partial charge in [0.25, 0.3) is 0 Å². The van der Waals surface area contributed by atoms with Crippen LogP contribution in [0.15, 0.2) is 23.2 Å². The van der Waals surface area contributed by atoms with Gasteiger partial charge in [-0.25, -0.2) is 4.99 Å². The predicted octanol–water partition coefficient (Wildman–Crippen LogP) is 2.38. The minimum Gasteiger partial charge on any atom is -0.488 e. The van der Waals surface area contributed by atoms with Crippen LogP contribution in [0.25, 0.3) is 0 Å². The molecule has 1 aliphatic rings. The molecule has 1 heterocycles. The average Bonchev–Trinajstić information content (AvgIpc) is 3.16. The monoisotopic (exact) mass is 404 g/mol. The summed E-state index contributed by atoms with van der Waals surface area (Å²) in [5.41, 5.74) is 1.82. The zero-order chi connectivity index (χ0) is 21.3. The van der Waals surface area contributed by atoms with E-state index in [1.165, 1.54) is 0 Å². The van der Waals surface area contributed by atoms with E-state index in [1.54, 1.807) is 0 Å². The first kappa shape index (κ1) is 23.0. The fourth-order valence-electron chi connectivity index (χ4n) is 2.82. The van der Waals surface area contributed by atoms with Gasteiger partial charge in [0.2, 0.25) is 5.91 Å². The molecule has 1 atom stereocenters. The van der Waals surface area contributed by atoms with Crippen LogP contribution in [0.5, 0.6) is 5.75 Å². The van der Waals surface area contributed by atoms with Crippen LogP contribution in [0.4, 0.5) is 0 Å². The summed E-state index contributed by atoms with van der Waals surface area (Å²) >= 11 is 0. The van der Waals surface area contributed by atoms with Gasteiger partial charge in [-0.2, -0.15) is 0 Å². The topological polar surface area (TPSA) is 84.0 Å². The molecule has 7 nitrogen and oxygen atoms in total. The van der Waals surface area contributed by atoms with Gasteiger partial charge in [-0.05, 0) is 25.5 Å². The number of hydrogen-bond donors (Lipinski definition) is 3. The highest BCUT2D eigenvalue weighted by molar-refractivity contribution is 5.81. The molecule has 0 aliphatic carbocycles. The van der Waals surface area contributed by atoms with Crippen molar-refractivity contribution in [3.8, 4) is 5.75 Å². The number of amides is 1.